The van der Waals surface area contributed by atoms with Crippen LogP contribution < -0.4 is 15.8 Å². The van der Waals surface area contributed by atoms with Crippen LogP contribution in [-0.4, -0.2) is 22.6 Å². The fraction of sp³-hybridized carbons (Fsp3) is 0.714. The zero-order valence-corrected chi connectivity index (χ0v) is 12.4. The number of hydrogen-bond acceptors (Lipinski definition) is 5. The monoisotopic (exact) mass is 266 g/mol. The topological polar surface area (TPSA) is 73.1 Å². The first-order valence-corrected chi connectivity index (χ1v) is 7.13. The predicted octanol–water partition coefficient (Wildman–Crippen LogP) is 3.08. The maximum absolute atomic E-state index is 6.04. The second-order valence-corrected chi connectivity index (χ2v) is 4.80. The van der Waals surface area contributed by atoms with Crippen molar-refractivity contribution in [2.75, 3.05) is 17.7 Å². The van der Waals surface area contributed by atoms with E-state index in [0.29, 0.717) is 36.0 Å². The Bertz CT molecular complexity index is 380. The van der Waals surface area contributed by atoms with Crippen LogP contribution in [0.1, 0.15) is 47.0 Å². The molecule has 1 atom stereocenters. The Labute approximate surface area is 116 Å². The summed E-state index contributed by atoms with van der Waals surface area (Å²) in [4.78, 5) is 8.28. The number of ether oxygens (including phenoxy) is 1. The van der Waals surface area contributed by atoms with E-state index < -0.39 is 0 Å². The molecule has 19 heavy (non-hydrogen) atoms. The lowest BCUT2D eigenvalue weighted by atomic mass is 9.95. The van der Waals surface area contributed by atoms with E-state index in [0.717, 1.165) is 19.3 Å². The maximum Gasteiger partial charge on any atom is 0.242 e. The van der Waals surface area contributed by atoms with Gasteiger partial charge >= 0.3 is 0 Å². The lowest BCUT2D eigenvalue weighted by Gasteiger charge is -2.23. The SMILES string of the molecule is CCCOc1ncnc(NC(C)C(CC)CC)c1N. The summed E-state index contributed by atoms with van der Waals surface area (Å²) >= 11 is 0. The zero-order valence-electron chi connectivity index (χ0n) is 12.4. The fourth-order valence-corrected chi connectivity index (χ4v) is 2.14. The van der Waals surface area contributed by atoms with E-state index in [1.807, 2.05) is 6.92 Å². The third kappa shape index (κ3) is 4.26. The van der Waals surface area contributed by atoms with Gasteiger partial charge in [-0.3, -0.25) is 0 Å². The second-order valence-electron chi connectivity index (χ2n) is 4.80. The first-order valence-electron chi connectivity index (χ1n) is 7.13. The van der Waals surface area contributed by atoms with Crippen LogP contribution in [0.5, 0.6) is 5.88 Å². The molecular weight excluding hydrogens is 240 g/mol. The number of hydrogen-bond donors (Lipinski definition) is 2. The minimum absolute atomic E-state index is 0.325. The molecule has 0 spiro atoms. The Balaban J connectivity index is 2.78. The van der Waals surface area contributed by atoms with E-state index >= 15 is 0 Å². The first-order chi connectivity index (χ1) is 9.13. The maximum atomic E-state index is 6.04. The normalized spacial score (nSPS) is 12.5. The van der Waals surface area contributed by atoms with Crippen LogP contribution in [0.2, 0.25) is 0 Å². The molecule has 0 aromatic carbocycles. The van der Waals surface area contributed by atoms with Crippen molar-refractivity contribution in [2.24, 2.45) is 5.92 Å². The van der Waals surface area contributed by atoms with Crippen LogP contribution in [-0.2, 0) is 0 Å². The summed E-state index contributed by atoms with van der Waals surface area (Å²) in [6.45, 7) is 9.22. The van der Waals surface area contributed by atoms with Gasteiger partial charge in [0.1, 0.15) is 12.0 Å². The number of anilines is 2. The number of nitrogens with one attached hydrogen (secondary N) is 1. The van der Waals surface area contributed by atoms with Crippen molar-refractivity contribution in [2.45, 2.75) is 53.0 Å². The van der Waals surface area contributed by atoms with E-state index in [1.165, 1.54) is 6.33 Å². The molecule has 1 aromatic rings. The molecule has 5 heteroatoms. The Morgan fingerprint density at radius 2 is 1.95 bits per heavy atom. The van der Waals surface area contributed by atoms with Gasteiger partial charge in [0.25, 0.3) is 0 Å². The van der Waals surface area contributed by atoms with Crippen molar-refractivity contribution >= 4 is 11.5 Å². The quantitative estimate of drug-likeness (QED) is 0.756. The Morgan fingerprint density at radius 3 is 2.53 bits per heavy atom. The fourth-order valence-electron chi connectivity index (χ4n) is 2.14. The van der Waals surface area contributed by atoms with Gasteiger partial charge < -0.3 is 15.8 Å². The third-order valence-corrected chi connectivity index (χ3v) is 3.41. The number of rotatable bonds is 8. The van der Waals surface area contributed by atoms with E-state index in [1.54, 1.807) is 0 Å². The average Bonchev–Trinajstić information content (AvgIpc) is 2.41. The third-order valence-electron chi connectivity index (χ3n) is 3.41. The van der Waals surface area contributed by atoms with Crippen LogP contribution in [0.4, 0.5) is 11.5 Å². The lowest BCUT2D eigenvalue weighted by molar-refractivity contribution is 0.306. The van der Waals surface area contributed by atoms with Crippen molar-refractivity contribution < 1.29 is 4.74 Å². The molecule has 0 bridgehead atoms. The van der Waals surface area contributed by atoms with Crippen molar-refractivity contribution in [1.82, 2.24) is 9.97 Å². The summed E-state index contributed by atoms with van der Waals surface area (Å²) in [6, 6.07) is 0.325. The Hall–Kier alpha value is -1.52. The molecule has 0 aliphatic heterocycles. The molecule has 108 valence electrons. The molecule has 3 N–H and O–H groups in total. The van der Waals surface area contributed by atoms with Crippen LogP contribution in [0, 0.1) is 5.92 Å². The van der Waals surface area contributed by atoms with Crippen LogP contribution in [0.15, 0.2) is 6.33 Å². The highest BCUT2D eigenvalue weighted by atomic mass is 16.5. The molecule has 0 radical (unpaired) electrons. The van der Waals surface area contributed by atoms with E-state index in [2.05, 4.69) is 36.1 Å². The Kier molecular flexibility index (Phi) is 6.39. The number of nitrogen functional groups attached to an aromatic ring is 1. The van der Waals surface area contributed by atoms with Gasteiger partial charge in [-0.2, -0.15) is 4.98 Å². The standard InChI is InChI=1S/C14H26N4O/c1-5-8-19-14-12(15)13(16-9-17-14)18-10(4)11(6-2)7-3/h9-11H,5-8,15H2,1-4H3,(H,16,17,18). The van der Waals surface area contributed by atoms with Gasteiger partial charge in [0.05, 0.1) is 6.61 Å². The lowest BCUT2D eigenvalue weighted by Crippen LogP contribution is -2.26. The van der Waals surface area contributed by atoms with Crippen LogP contribution in [0.3, 0.4) is 0 Å². The summed E-state index contributed by atoms with van der Waals surface area (Å²) in [7, 11) is 0. The smallest absolute Gasteiger partial charge is 0.242 e. The van der Waals surface area contributed by atoms with E-state index in [-0.39, 0.29) is 0 Å². The summed E-state index contributed by atoms with van der Waals surface area (Å²) < 4.78 is 5.51. The molecule has 1 rings (SSSR count). The highest BCUT2D eigenvalue weighted by Gasteiger charge is 2.16. The molecule has 1 heterocycles. The molecular formula is C14H26N4O. The minimum atomic E-state index is 0.325. The highest BCUT2D eigenvalue weighted by Crippen LogP contribution is 2.27. The van der Waals surface area contributed by atoms with Crippen LogP contribution in [0.25, 0.3) is 0 Å². The van der Waals surface area contributed by atoms with Gasteiger partial charge in [-0.1, -0.05) is 33.6 Å². The molecule has 0 aliphatic carbocycles. The largest absolute Gasteiger partial charge is 0.476 e. The molecule has 1 aromatic heterocycles. The summed E-state index contributed by atoms with van der Waals surface area (Å²) in [5.74, 6) is 1.74. The summed E-state index contributed by atoms with van der Waals surface area (Å²) in [5.41, 5.74) is 6.54. The molecule has 0 fully saturated rings. The van der Waals surface area contributed by atoms with Gasteiger partial charge in [0.15, 0.2) is 5.82 Å². The molecule has 0 aliphatic rings. The highest BCUT2D eigenvalue weighted by molar-refractivity contribution is 5.66. The number of nitrogens with two attached hydrogens (primary N) is 1. The van der Waals surface area contributed by atoms with Crippen molar-refractivity contribution in [3.63, 3.8) is 0 Å². The molecule has 0 amide bonds. The van der Waals surface area contributed by atoms with E-state index in [4.69, 9.17) is 10.5 Å². The molecule has 0 saturated heterocycles. The van der Waals surface area contributed by atoms with Gasteiger partial charge in [-0.05, 0) is 19.3 Å². The number of aromatic nitrogens is 2. The minimum Gasteiger partial charge on any atom is -0.476 e. The van der Waals surface area contributed by atoms with Gasteiger partial charge in [-0.15, -0.1) is 0 Å². The predicted molar refractivity (Wildman–Crippen MR) is 79.4 cm³/mol. The van der Waals surface area contributed by atoms with Crippen molar-refractivity contribution in [3.8, 4) is 5.88 Å². The van der Waals surface area contributed by atoms with Gasteiger partial charge in [0, 0.05) is 6.04 Å². The summed E-state index contributed by atoms with van der Waals surface area (Å²) in [6.07, 6.45) is 4.68. The molecule has 5 nitrogen and oxygen atoms in total. The van der Waals surface area contributed by atoms with Crippen LogP contribution >= 0.6 is 0 Å². The number of nitrogens with zero attached hydrogens (tertiary/aromatic N) is 2. The first kappa shape index (κ1) is 15.5. The van der Waals surface area contributed by atoms with E-state index in [9.17, 15) is 0 Å². The second kappa shape index (κ2) is 7.81. The van der Waals surface area contributed by atoms with Crippen molar-refractivity contribution in [1.29, 1.82) is 0 Å². The average molecular weight is 266 g/mol. The molecule has 1 unspecified atom stereocenters. The van der Waals surface area contributed by atoms with Gasteiger partial charge in [0.2, 0.25) is 5.88 Å². The Morgan fingerprint density at radius 1 is 1.26 bits per heavy atom. The zero-order chi connectivity index (χ0) is 14.3. The summed E-state index contributed by atoms with van der Waals surface area (Å²) in [5, 5.41) is 3.37. The van der Waals surface area contributed by atoms with Crippen molar-refractivity contribution in [3.05, 3.63) is 6.33 Å². The van der Waals surface area contributed by atoms with Gasteiger partial charge in [-0.25, -0.2) is 4.98 Å². The molecule has 0 saturated carbocycles.